The van der Waals surface area contributed by atoms with Crippen LogP contribution in [0.25, 0.3) is 0 Å². The quantitative estimate of drug-likeness (QED) is 0.722. The lowest BCUT2D eigenvalue weighted by atomic mass is 9.95. The van der Waals surface area contributed by atoms with Gasteiger partial charge in [0.15, 0.2) is 0 Å². The zero-order chi connectivity index (χ0) is 16.0. The molecule has 0 aliphatic heterocycles. The van der Waals surface area contributed by atoms with Crippen LogP contribution in [0.1, 0.15) is 44.7 Å². The van der Waals surface area contributed by atoms with Crippen LogP contribution in [0.5, 0.6) is 5.75 Å². The molecular weight excluding hydrogens is 266 g/mol. The first-order valence-corrected chi connectivity index (χ1v) is 7.46. The number of hydrogen-bond acceptors (Lipinski definition) is 3. The third-order valence-corrected chi connectivity index (χ3v) is 3.50. The molecular formula is C17H27NO3. The van der Waals surface area contributed by atoms with Crippen LogP contribution in [0.4, 0.5) is 0 Å². The number of carboxylic acids is 1. The van der Waals surface area contributed by atoms with Crippen molar-refractivity contribution < 1.29 is 14.6 Å². The van der Waals surface area contributed by atoms with Crippen molar-refractivity contribution in [3.05, 3.63) is 29.3 Å². The number of ether oxygens (including phenoxy) is 1. The van der Waals surface area contributed by atoms with E-state index >= 15 is 0 Å². The van der Waals surface area contributed by atoms with Crippen molar-refractivity contribution in [2.45, 2.75) is 59.0 Å². The molecule has 1 unspecified atom stereocenters. The largest absolute Gasteiger partial charge is 0.493 e. The Morgan fingerprint density at radius 1 is 1.38 bits per heavy atom. The van der Waals surface area contributed by atoms with Gasteiger partial charge in [-0.3, -0.25) is 10.1 Å². The van der Waals surface area contributed by atoms with E-state index in [1.165, 1.54) is 0 Å². The molecule has 1 aromatic carbocycles. The summed E-state index contributed by atoms with van der Waals surface area (Å²) in [6.45, 7) is 10.2. The summed E-state index contributed by atoms with van der Waals surface area (Å²) in [5, 5.41) is 12.5. The van der Waals surface area contributed by atoms with Crippen LogP contribution < -0.4 is 10.1 Å². The Morgan fingerprint density at radius 2 is 2.05 bits per heavy atom. The van der Waals surface area contributed by atoms with Crippen molar-refractivity contribution in [2.75, 3.05) is 6.61 Å². The molecule has 0 heterocycles. The Bertz CT molecular complexity index is 485. The van der Waals surface area contributed by atoms with E-state index in [-0.39, 0.29) is 6.04 Å². The minimum atomic E-state index is -0.904. The molecule has 0 spiro atoms. The maximum absolute atomic E-state index is 11.4. The van der Waals surface area contributed by atoms with E-state index in [1.807, 2.05) is 39.8 Å². The van der Waals surface area contributed by atoms with Crippen LogP contribution in [0.15, 0.2) is 18.2 Å². The highest BCUT2D eigenvalue weighted by molar-refractivity contribution is 5.78. The first kappa shape index (κ1) is 17.5. The van der Waals surface area contributed by atoms with E-state index in [9.17, 15) is 9.90 Å². The number of aryl methyl sites for hydroxylation is 2. The van der Waals surface area contributed by atoms with Gasteiger partial charge < -0.3 is 9.84 Å². The molecule has 0 fully saturated rings. The maximum atomic E-state index is 11.4. The average Bonchev–Trinajstić information content (AvgIpc) is 2.37. The molecule has 0 saturated heterocycles. The highest BCUT2D eigenvalue weighted by atomic mass is 16.5. The topological polar surface area (TPSA) is 58.6 Å². The fourth-order valence-corrected chi connectivity index (χ4v) is 2.35. The van der Waals surface area contributed by atoms with Crippen LogP contribution >= 0.6 is 0 Å². The standard InChI is InChI=1S/C17H27NO3/c1-12(2)18-17(5,16(19)20)9-6-10-21-15-11-13(3)7-8-14(15)4/h7-8,11-12,18H,6,9-10H2,1-5H3,(H,19,20). The molecule has 0 saturated carbocycles. The molecule has 0 amide bonds. The van der Waals surface area contributed by atoms with Gasteiger partial charge in [-0.2, -0.15) is 0 Å². The van der Waals surface area contributed by atoms with Gasteiger partial charge in [-0.1, -0.05) is 12.1 Å². The molecule has 0 bridgehead atoms. The van der Waals surface area contributed by atoms with Gasteiger partial charge >= 0.3 is 5.97 Å². The third kappa shape index (κ3) is 5.38. The summed E-state index contributed by atoms with van der Waals surface area (Å²) in [6, 6.07) is 6.23. The van der Waals surface area contributed by atoms with E-state index in [1.54, 1.807) is 6.92 Å². The van der Waals surface area contributed by atoms with E-state index in [0.29, 0.717) is 19.4 Å². The molecule has 0 aromatic heterocycles. The Labute approximate surface area is 127 Å². The van der Waals surface area contributed by atoms with Crippen molar-refractivity contribution in [3.8, 4) is 5.75 Å². The van der Waals surface area contributed by atoms with Crippen LogP contribution in [0.2, 0.25) is 0 Å². The first-order valence-electron chi connectivity index (χ1n) is 7.46. The van der Waals surface area contributed by atoms with Crippen molar-refractivity contribution in [2.24, 2.45) is 0 Å². The lowest BCUT2D eigenvalue weighted by Gasteiger charge is -2.28. The average molecular weight is 293 g/mol. The van der Waals surface area contributed by atoms with Crippen LogP contribution in [-0.2, 0) is 4.79 Å². The lowest BCUT2D eigenvalue weighted by molar-refractivity contribution is -0.144. The van der Waals surface area contributed by atoms with Crippen molar-refractivity contribution in [1.29, 1.82) is 0 Å². The number of hydrogen-bond donors (Lipinski definition) is 2. The molecule has 1 aromatic rings. The zero-order valence-electron chi connectivity index (χ0n) is 13.7. The van der Waals surface area contributed by atoms with Crippen molar-refractivity contribution in [3.63, 3.8) is 0 Å². The second-order valence-corrected chi connectivity index (χ2v) is 6.16. The summed E-state index contributed by atoms with van der Waals surface area (Å²) in [5.41, 5.74) is 1.36. The molecule has 21 heavy (non-hydrogen) atoms. The predicted molar refractivity (Wildman–Crippen MR) is 85.0 cm³/mol. The monoisotopic (exact) mass is 293 g/mol. The number of carbonyl (C=O) groups is 1. The van der Waals surface area contributed by atoms with Crippen LogP contribution in [0, 0.1) is 13.8 Å². The molecule has 0 aliphatic rings. The lowest BCUT2D eigenvalue weighted by Crippen LogP contribution is -2.52. The predicted octanol–water partition coefficient (Wildman–Crippen LogP) is 3.30. The Morgan fingerprint density at radius 3 is 2.62 bits per heavy atom. The second kappa shape index (κ2) is 7.46. The van der Waals surface area contributed by atoms with Gasteiger partial charge in [-0.25, -0.2) is 0 Å². The summed E-state index contributed by atoms with van der Waals surface area (Å²) < 4.78 is 5.78. The zero-order valence-corrected chi connectivity index (χ0v) is 13.7. The Balaban J connectivity index is 2.51. The van der Waals surface area contributed by atoms with E-state index < -0.39 is 11.5 Å². The second-order valence-electron chi connectivity index (χ2n) is 6.16. The molecule has 4 nitrogen and oxygen atoms in total. The Kier molecular flexibility index (Phi) is 6.21. The van der Waals surface area contributed by atoms with Crippen molar-refractivity contribution >= 4 is 5.97 Å². The van der Waals surface area contributed by atoms with Gasteiger partial charge in [0.2, 0.25) is 0 Å². The fourth-order valence-electron chi connectivity index (χ4n) is 2.35. The number of carboxylic acid groups (broad SMARTS) is 1. The van der Waals surface area contributed by atoms with Gasteiger partial charge in [0.1, 0.15) is 11.3 Å². The first-order chi connectivity index (χ1) is 9.74. The molecule has 2 N–H and O–H groups in total. The van der Waals surface area contributed by atoms with Gasteiger partial charge in [-0.05, 0) is 64.7 Å². The number of benzene rings is 1. The smallest absolute Gasteiger partial charge is 0.323 e. The van der Waals surface area contributed by atoms with Gasteiger partial charge in [0.25, 0.3) is 0 Å². The highest BCUT2D eigenvalue weighted by Gasteiger charge is 2.32. The summed E-state index contributed by atoms with van der Waals surface area (Å²) in [7, 11) is 0. The number of rotatable bonds is 8. The van der Waals surface area contributed by atoms with E-state index in [4.69, 9.17) is 4.74 Å². The molecule has 118 valence electrons. The molecule has 0 radical (unpaired) electrons. The van der Waals surface area contributed by atoms with Crippen LogP contribution in [0.3, 0.4) is 0 Å². The summed E-state index contributed by atoms with van der Waals surface area (Å²) in [4.78, 5) is 11.4. The molecule has 1 rings (SSSR count). The normalized spacial score (nSPS) is 14.0. The van der Waals surface area contributed by atoms with Crippen molar-refractivity contribution in [1.82, 2.24) is 5.32 Å². The van der Waals surface area contributed by atoms with E-state index in [0.717, 1.165) is 16.9 Å². The summed E-state index contributed by atoms with van der Waals surface area (Å²) >= 11 is 0. The highest BCUT2D eigenvalue weighted by Crippen LogP contribution is 2.20. The minimum Gasteiger partial charge on any atom is -0.493 e. The SMILES string of the molecule is Cc1ccc(C)c(OCCCC(C)(NC(C)C)C(=O)O)c1. The summed E-state index contributed by atoms with van der Waals surface area (Å²) in [6.07, 6.45) is 1.22. The van der Waals surface area contributed by atoms with Gasteiger partial charge in [0, 0.05) is 6.04 Å². The number of aliphatic carboxylic acids is 1. The molecule has 0 aliphatic carbocycles. The van der Waals surface area contributed by atoms with Gasteiger partial charge in [-0.15, -0.1) is 0 Å². The third-order valence-electron chi connectivity index (χ3n) is 3.50. The van der Waals surface area contributed by atoms with Gasteiger partial charge in [0.05, 0.1) is 6.61 Å². The minimum absolute atomic E-state index is 0.131. The maximum Gasteiger partial charge on any atom is 0.323 e. The molecule has 1 atom stereocenters. The Hall–Kier alpha value is -1.55. The molecule has 4 heteroatoms. The van der Waals surface area contributed by atoms with Crippen LogP contribution in [-0.4, -0.2) is 29.3 Å². The number of nitrogens with one attached hydrogen (secondary N) is 1. The fraction of sp³-hybridized carbons (Fsp3) is 0.588. The van der Waals surface area contributed by atoms with E-state index in [2.05, 4.69) is 11.4 Å². The summed E-state index contributed by atoms with van der Waals surface area (Å²) in [5.74, 6) is 0.0618.